The predicted molar refractivity (Wildman–Crippen MR) is 80.7 cm³/mol. The Balaban J connectivity index is 1.90. The molecular weight excluding hydrogens is 308 g/mol. The minimum absolute atomic E-state index is 0.0329. The van der Waals surface area contributed by atoms with Gasteiger partial charge in [-0.15, -0.1) is 0 Å². The van der Waals surface area contributed by atoms with Crippen molar-refractivity contribution >= 4 is 21.9 Å². The van der Waals surface area contributed by atoms with Crippen LogP contribution in [0.1, 0.15) is 39.0 Å². The van der Waals surface area contributed by atoms with Gasteiger partial charge in [0.15, 0.2) is 0 Å². The Hall–Kier alpha value is -1.15. The van der Waals surface area contributed by atoms with Gasteiger partial charge in [0.25, 0.3) is 0 Å². The summed E-state index contributed by atoms with van der Waals surface area (Å²) in [6.07, 6.45) is 2.74. The van der Waals surface area contributed by atoms with Gasteiger partial charge >= 0.3 is 5.97 Å². The number of piperidine rings is 1. The number of hydrogen-bond donors (Lipinski definition) is 1. The second-order valence-electron chi connectivity index (χ2n) is 6.09. The van der Waals surface area contributed by atoms with E-state index in [1.54, 1.807) is 4.90 Å². The van der Waals surface area contributed by atoms with Crippen LogP contribution in [0.4, 0.5) is 0 Å². The third-order valence-corrected chi connectivity index (χ3v) is 6.48. The third kappa shape index (κ3) is 3.78. The van der Waals surface area contributed by atoms with Crippen LogP contribution in [0.3, 0.4) is 0 Å². The Labute approximate surface area is 131 Å². The fourth-order valence-corrected chi connectivity index (χ4v) is 4.82. The third-order valence-electron chi connectivity index (χ3n) is 4.52. The van der Waals surface area contributed by atoms with E-state index in [1.807, 2.05) is 6.92 Å². The van der Waals surface area contributed by atoms with Crippen LogP contribution in [0.25, 0.3) is 0 Å². The number of likely N-dealkylation sites (tertiary alicyclic amines) is 1. The standard InChI is InChI=1S/C14H24N2O5S/c1-2-3-8-22(20,21)15-6-4-12(5-7-15)16-10-11(14(18)19)9-13(16)17/h11-12H,2-10H2,1H3,(H,18,19). The summed E-state index contributed by atoms with van der Waals surface area (Å²) >= 11 is 0. The Kier molecular flexibility index (Phi) is 5.44. The van der Waals surface area contributed by atoms with Crippen molar-refractivity contribution in [3.05, 3.63) is 0 Å². The largest absolute Gasteiger partial charge is 0.481 e. The molecule has 0 radical (unpaired) electrons. The molecule has 1 atom stereocenters. The summed E-state index contributed by atoms with van der Waals surface area (Å²) in [6.45, 7) is 3.04. The topological polar surface area (TPSA) is 95.0 Å². The van der Waals surface area contributed by atoms with Crippen molar-refractivity contribution in [1.29, 1.82) is 0 Å². The van der Waals surface area contributed by atoms with Crippen molar-refractivity contribution in [2.75, 3.05) is 25.4 Å². The summed E-state index contributed by atoms with van der Waals surface area (Å²) < 4.78 is 25.8. The molecule has 22 heavy (non-hydrogen) atoms. The second-order valence-corrected chi connectivity index (χ2v) is 8.17. The number of hydrogen-bond acceptors (Lipinski definition) is 4. The Morgan fingerprint density at radius 1 is 1.32 bits per heavy atom. The molecule has 0 aromatic carbocycles. The number of aliphatic carboxylic acids is 1. The average molecular weight is 332 g/mol. The first-order valence-electron chi connectivity index (χ1n) is 7.85. The molecule has 1 amide bonds. The molecule has 0 bridgehead atoms. The average Bonchev–Trinajstić information content (AvgIpc) is 2.87. The molecule has 7 nitrogen and oxygen atoms in total. The molecule has 0 aromatic heterocycles. The van der Waals surface area contributed by atoms with Crippen molar-refractivity contribution in [1.82, 2.24) is 9.21 Å². The molecule has 0 aliphatic carbocycles. The molecule has 126 valence electrons. The lowest BCUT2D eigenvalue weighted by Gasteiger charge is -2.36. The molecule has 1 N–H and O–H groups in total. The summed E-state index contributed by atoms with van der Waals surface area (Å²) in [7, 11) is -3.19. The van der Waals surface area contributed by atoms with Crippen LogP contribution in [-0.2, 0) is 19.6 Å². The molecule has 1 unspecified atom stereocenters. The summed E-state index contributed by atoms with van der Waals surface area (Å²) in [5.41, 5.74) is 0. The molecule has 2 aliphatic heterocycles. The van der Waals surface area contributed by atoms with E-state index in [0.717, 1.165) is 6.42 Å². The van der Waals surface area contributed by atoms with Crippen LogP contribution in [0.15, 0.2) is 0 Å². The number of carbonyl (C=O) groups is 2. The van der Waals surface area contributed by atoms with Crippen LogP contribution in [0, 0.1) is 5.92 Å². The van der Waals surface area contributed by atoms with Crippen molar-refractivity contribution < 1.29 is 23.1 Å². The predicted octanol–water partition coefficient (Wildman–Crippen LogP) is 0.514. The van der Waals surface area contributed by atoms with E-state index in [4.69, 9.17) is 5.11 Å². The maximum atomic E-state index is 12.1. The van der Waals surface area contributed by atoms with Gasteiger partial charge in [0.1, 0.15) is 0 Å². The molecule has 2 fully saturated rings. The maximum Gasteiger partial charge on any atom is 0.308 e. The van der Waals surface area contributed by atoms with Crippen LogP contribution in [0.5, 0.6) is 0 Å². The van der Waals surface area contributed by atoms with Gasteiger partial charge in [-0.25, -0.2) is 12.7 Å². The highest BCUT2D eigenvalue weighted by molar-refractivity contribution is 7.89. The fraction of sp³-hybridized carbons (Fsp3) is 0.857. The van der Waals surface area contributed by atoms with E-state index in [9.17, 15) is 18.0 Å². The summed E-state index contributed by atoms with van der Waals surface area (Å²) in [6, 6.07) is -0.0329. The SMILES string of the molecule is CCCCS(=O)(=O)N1CCC(N2CC(C(=O)O)CC2=O)CC1. The van der Waals surface area contributed by atoms with Gasteiger partial charge in [-0.05, 0) is 19.3 Å². The van der Waals surface area contributed by atoms with E-state index in [2.05, 4.69) is 0 Å². The van der Waals surface area contributed by atoms with E-state index in [-0.39, 0.29) is 30.7 Å². The van der Waals surface area contributed by atoms with Gasteiger partial charge in [-0.3, -0.25) is 9.59 Å². The molecule has 2 aliphatic rings. The highest BCUT2D eigenvalue weighted by Crippen LogP contribution is 2.26. The zero-order valence-corrected chi connectivity index (χ0v) is 13.7. The molecule has 2 rings (SSSR count). The highest BCUT2D eigenvalue weighted by Gasteiger charge is 2.39. The van der Waals surface area contributed by atoms with E-state index in [0.29, 0.717) is 32.4 Å². The number of nitrogens with zero attached hydrogens (tertiary/aromatic N) is 2. The number of carboxylic acids is 1. The van der Waals surface area contributed by atoms with Gasteiger partial charge in [0.05, 0.1) is 11.7 Å². The Morgan fingerprint density at radius 2 is 1.95 bits per heavy atom. The van der Waals surface area contributed by atoms with E-state index >= 15 is 0 Å². The number of amides is 1. The van der Waals surface area contributed by atoms with Gasteiger partial charge < -0.3 is 10.0 Å². The number of sulfonamides is 1. The van der Waals surface area contributed by atoms with Crippen molar-refractivity contribution in [3.8, 4) is 0 Å². The van der Waals surface area contributed by atoms with Gasteiger partial charge in [-0.1, -0.05) is 13.3 Å². The smallest absolute Gasteiger partial charge is 0.308 e. The van der Waals surface area contributed by atoms with Crippen LogP contribution in [0.2, 0.25) is 0 Å². The lowest BCUT2D eigenvalue weighted by atomic mass is 10.1. The number of carbonyl (C=O) groups excluding carboxylic acids is 1. The number of carboxylic acid groups (broad SMARTS) is 1. The zero-order valence-electron chi connectivity index (χ0n) is 12.9. The minimum Gasteiger partial charge on any atom is -0.481 e. The second kappa shape index (κ2) is 6.95. The van der Waals surface area contributed by atoms with Gasteiger partial charge in [0.2, 0.25) is 15.9 Å². The Bertz CT molecular complexity index is 525. The van der Waals surface area contributed by atoms with Crippen LogP contribution >= 0.6 is 0 Å². The van der Waals surface area contributed by atoms with E-state index < -0.39 is 21.9 Å². The van der Waals surface area contributed by atoms with Gasteiger partial charge in [0, 0.05) is 32.1 Å². The molecule has 0 saturated carbocycles. The maximum absolute atomic E-state index is 12.1. The number of rotatable bonds is 6. The highest BCUT2D eigenvalue weighted by atomic mass is 32.2. The lowest BCUT2D eigenvalue weighted by molar-refractivity contribution is -0.141. The van der Waals surface area contributed by atoms with Crippen molar-refractivity contribution in [2.45, 2.75) is 45.1 Å². The summed E-state index contributed by atoms with van der Waals surface area (Å²) in [5, 5.41) is 9.01. The first kappa shape index (κ1) is 17.2. The molecule has 8 heteroatoms. The molecular formula is C14H24N2O5S. The van der Waals surface area contributed by atoms with E-state index in [1.165, 1.54) is 4.31 Å². The molecule has 0 aromatic rings. The summed E-state index contributed by atoms with van der Waals surface area (Å²) in [5.74, 6) is -1.51. The zero-order chi connectivity index (χ0) is 16.3. The van der Waals surface area contributed by atoms with Crippen LogP contribution < -0.4 is 0 Å². The number of unbranched alkanes of at least 4 members (excludes halogenated alkanes) is 1. The normalized spacial score (nSPS) is 24.9. The van der Waals surface area contributed by atoms with Gasteiger partial charge in [-0.2, -0.15) is 0 Å². The fourth-order valence-electron chi connectivity index (χ4n) is 3.14. The molecule has 0 spiro atoms. The van der Waals surface area contributed by atoms with Crippen LogP contribution in [-0.4, -0.2) is 66.0 Å². The quantitative estimate of drug-likeness (QED) is 0.765. The van der Waals surface area contributed by atoms with Crippen molar-refractivity contribution in [3.63, 3.8) is 0 Å². The first-order chi connectivity index (χ1) is 10.3. The summed E-state index contributed by atoms with van der Waals surface area (Å²) in [4.78, 5) is 24.6. The van der Waals surface area contributed by atoms with Crippen molar-refractivity contribution in [2.24, 2.45) is 5.92 Å². The molecule has 2 heterocycles. The minimum atomic E-state index is -3.19. The lowest BCUT2D eigenvalue weighted by Crippen LogP contribution is -2.47. The first-order valence-corrected chi connectivity index (χ1v) is 9.46. The Morgan fingerprint density at radius 3 is 2.45 bits per heavy atom. The monoisotopic (exact) mass is 332 g/mol. The molecule has 2 saturated heterocycles.